The Morgan fingerprint density at radius 3 is 2.60 bits per heavy atom. The van der Waals surface area contributed by atoms with Gasteiger partial charge >= 0.3 is 5.97 Å². The molecule has 0 aromatic heterocycles. The van der Waals surface area contributed by atoms with Gasteiger partial charge in [0.1, 0.15) is 0 Å². The summed E-state index contributed by atoms with van der Waals surface area (Å²) >= 11 is 0. The Labute approximate surface area is 118 Å². The van der Waals surface area contributed by atoms with Crippen LogP contribution in [0, 0.1) is 6.92 Å². The molecule has 0 unspecified atom stereocenters. The molecule has 0 aliphatic rings. The van der Waals surface area contributed by atoms with Crippen molar-refractivity contribution in [3.05, 3.63) is 65.2 Å². The molecule has 2 aromatic carbocycles. The average molecular weight is 271 g/mol. The van der Waals surface area contributed by atoms with Crippen LogP contribution in [0.1, 0.15) is 21.5 Å². The Morgan fingerprint density at radius 1 is 1.15 bits per heavy atom. The minimum Gasteiger partial charge on any atom is -0.435 e. The number of ether oxygens (including phenoxy) is 2. The fourth-order valence-corrected chi connectivity index (χ4v) is 1.68. The first-order chi connectivity index (χ1) is 9.66. The Kier molecular flexibility index (Phi) is 4.74. The number of nitrogen functional groups attached to an aromatic ring is 1. The molecular weight excluding hydrogens is 254 g/mol. The van der Waals surface area contributed by atoms with Gasteiger partial charge in [-0.15, -0.1) is 0 Å². The lowest BCUT2D eigenvalue weighted by Gasteiger charge is -2.07. The third kappa shape index (κ3) is 3.83. The van der Waals surface area contributed by atoms with Crippen molar-refractivity contribution in [1.29, 1.82) is 0 Å². The maximum absolute atomic E-state index is 11.8. The zero-order valence-corrected chi connectivity index (χ0v) is 11.3. The fraction of sp³-hybridized carbons (Fsp3) is 0.188. The van der Waals surface area contributed by atoms with Crippen LogP contribution in [0.5, 0.6) is 0 Å². The molecule has 0 fully saturated rings. The van der Waals surface area contributed by atoms with Crippen molar-refractivity contribution in [2.24, 2.45) is 0 Å². The number of rotatable bonds is 5. The van der Waals surface area contributed by atoms with Gasteiger partial charge in [-0.2, -0.15) is 0 Å². The molecule has 2 rings (SSSR count). The van der Waals surface area contributed by atoms with Crippen LogP contribution in [-0.4, -0.2) is 12.8 Å². The third-order valence-corrected chi connectivity index (χ3v) is 2.90. The number of esters is 1. The van der Waals surface area contributed by atoms with Crippen LogP contribution in [0.4, 0.5) is 5.69 Å². The van der Waals surface area contributed by atoms with E-state index < -0.39 is 5.97 Å². The van der Waals surface area contributed by atoms with Crippen molar-refractivity contribution in [2.45, 2.75) is 13.5 Å². The summed E-state index contributed by atoms with van der Waals surface area (Å²) in [6.07, 6.45) is 0. The number of benzene rings is 2. The minimum absolute atomic E-state index is 0.0818. The highest BCUT2D eigenvalue weighted by molar-refractivity contribution is 5.90. The summed E-state index contributed by atoms with van der Waals surface area (Å²) in [6, 6.07) is 14.8. The lowest BCUT2D eigenvalue weighted by molar-refractivity contribution is -0.0381. The number of hydrogen-bond donors (Lipinski definition) is 1. The standard InChI is InChI=1S/C16H17NO3/c1-12-7-8-14(9-15(12)17)16(18)20-11-19-10-13-5-3-2-4-6-13/h2-9H,10-11,17H2,1H3. The molecule has 0 atom stereocenters. The lowest BCUT2D eigenvalue weighted by Crippen LogP contribution is -2.09. The van der Waals surface area contributed by atoms with Gasteiger partial charge in [-0.05, 0) is 30.2 Å². The molecule has 0 radical (unpaired) electrons. The molecule has 104 valence electrons. The van der Waals surface area contributed by atoms with Crippen molar-refractivity contribution in [3.63, 3.8) is 0 Å². The van der Waals surface area contributed by atoms with Gasteiger partial charge < -0.3 is 15.2 Å². The number of aryl methyl sites for hydroxylation is 1. The number of carbonyl (C=O) groups excluding carboxylic acids is 1. The molecule has 0 aliphatic heterocycles. The SMILES string of the molecule is Cc1ccc(C(=O)OCOCc2ccccc2)cc1N. The Hall–Kier alpha value is -2.33. The van der Waals surface area contributed by atoms with Crippen LogP contribution in [-0.2, 0) is 16.1 Å². The first kappa shape index (κ1) is 14.1. The molecule has 0 amide bonds. The summed E-state index contributed by atoms with van der Waals surface area (Å²) in [5.74, 6) is -0.440. The van der Waals surface area contributed by atoms with Gasteiger partial charge in [0.05, 0.1) is 12.2 Å². The van der Waals surface area contributed by atoms with E-state index in [4.69, 9.17) is 15.2 Å². The normalized spacial score (nSPS) is 10.2. The zero-order valence-electron chi connectivity index (χ0n) is 11.3. The molecule has 0 saturated carbocycles. The van der Waals surface area contributed by atoms with E-state index in [1.807, 2.05) is 37.3 Å². The predicted molar refractivity (Wildman–Crippen MR) is 77.1 cm³/mol. The minimum atomic E-state index is -0.440. The lowest BCUT2D eigenvalue weighted by atomic mass is 10.1. The van der Waals surface area contributed by atoms with Crippen molar-refractivity contribution >= 4 is 11.7 Å². The third-order valence-electron chi connectivity index (χ3n) is 2.90. The molecule has 0 spiro atoms. The molecule has 4 nitrogen and oxygen atoms in total. The van der Waals surface area contributed by atoms with Gasteiger partial charge in [0.15, 0.2) is 6.79 Å². The molecule has 0 aliphatic carbocycles. The van der Waals surface area contributed by atoms with Crippen LogP contribution in [0.2, 0.25) is 0 Å². The van der Waals surface area contributed by atoms with E-state index >= 15 is 0 Å². The number of hydrogen-bond acceptors (Lipinski definition) is 4. The Balaban J connectivity index is 1.79. The van der Waals surface area contributed by atoms with Crippen LogP contribution < -0.4 is 5.73 Å². The number of carbonyl (C=O) groups is 1. The molecule has 0 bridgehead atoms. The summed E-state index contributed by atoms with van der Waals surface area (Å²) in [4.78, 5) is 11.8. The second kappa shape index (κ2) is 6.73. The second-order valence-corrected chi connectivity index (χ2v) is 4.46. The average Bonchev–Trinajstić information content (AvgIpc) is 2.47. The van der Waals surface area contributed by atoms with E-state index in [-0.39, 0.29) is 6.79 Å². The maximum atomic E-state index is 11.8. The molecule has 0 saturated heterocycles. The van der Waals surface area contributed by atoms with E-state index in [2.05, 4.69) is 0 Å². The summed E-state index contributed by atoms with van der Waals surface area (Å²) in [5.41, 5.74) is 8.71. The van der Waals surface area contributed by atoms with Crippen LogP contribution in [0.25, 0.3) is 0 Å². The predicted octanol–water partition coefficient (Wildman–Crippen LogP) is 2.91. The summed E-state index contributed by atoms with van der Waals surface area (Å²) in [6.45, 7) is 2.21. The highest BCUT2D eigenvalue weighted by Crippen LogP contribution is 2.13. The first-order valence-electron chi connectivity index (χ1n) is 6.32. The summed E-state index contributed by atoms with van der Waals surface area (Å²) < 4.78 is 10.3. The van der Waals surface area contributed by atoms with Gasteiger partial charge in [-0.1, -0.05) is 36.4 Å². The van der Waals surface area contributed by atoms with Crippen molar-refractivity contribution in [2.75, 3.05) is 12.5 Å². The van der Waals surface area contributed by atoms with Gasteiger partial charge in [-0.3, -0.25) is 0 Å². The molecule has 2 N–H and O–H groups in total. The van der Waals surface area contributed by atoms with Gasteiger partial charge in [-0.25, -0.2) is 4.79 Å². The van der Waals surface area contributed by atoms with Gasteiger partial charge in [0, 0.05) is 5.69 Å². The smallest absolute Gasteiger partial charge is 0.340 e. The van der Waals surface area contributed by atoms with E-state index in [1.54, 1.807) is 18.2 Å². The fourth-order valence-electron chi connectivity index (χ4n) is 1.68. The summed E-state index contributed by atoms with van der Waals surface area (Å²) in [7, 11) is 0. The van der Waals surface area contributed by atoms with E-state index in [0.29, 0.717) is 17.9 Å². The molecular formula is C16H17NO3. The number of anilines is 1. The maximum Gasteiger partial charge on any atom is 0.340 e. The summed E-state index contributed by atoms with van der Waals surface area (Å²) in [5, 5.41) is 0. The Morgan fingerprint density at radius 2 is 1.90 bits per heavy atom. The van der Waals surface area contributed by atoms with Crippen molar-refractivity contribution in [1.82, 2.24) is 0 Å². The highest BCUT2D eigenvalue weighted by Gasteiger charge is 2.08. The second-order valence-electron chi connectivity index (χ2n) is 4.46. The monoisotopic (exact) mass is 271 g/mol. The number of nitrogens with two attached hydrogens (primary N) is 1. The van der Waals surface area contributed by atoms with E-state index in [1.165, 1.54) is 0 Å². The highest BCUT2D eigenvalue weighted by atomic mass is 16.7. The largest absolute Gasteiger partial charge is 0.435 e. The first-order valence-corrected chi connectivity index (χ1v) is 6.32. The van der Waals surface area contributed by atoms with Gasteiger partial charge in [0.25, 0.3) is 0 Å². The molecule has 2 aromatic rings. The molecule has 4 heteroatoms. The molecule has 20 heavy (non-hydrogen) atoms. The van der Waals surface area contributed by atoms with Crippen LogP contribution >= 0.6 is 0 Å². The van der Waals surface area contributed by atoms with Crippen LogP contribution in [0.3, 0.4) is 0 Å². The quantitative estimate of drug-likeness (QED) is 0.393. The van der Waals surface area contributed by atoms with E-state index in [9.17, 15) is 4.79 Å². The van der Waals surface area contributed by atoms with Crippen LogP contribution in [0.15, 0.2) is 48.5 Å². The van der Waals surface area contributed by atoms with Gasteiger partial charge in [0.2, 0.25) is 0 Å². The zero-order chi connectivity index (χ0) is 14.4. The van der Waals surface area contributed by atoms with E-state index in [0.717, 1.165) is 11.1 Å². The van der Waals surface area contributed by atoms with Crippen molar-refractivity contribution in [3.8, 4) is 0 Å². The topological polar surface area (TPSA) is 61.5 Å². The Bertz CT molecular complexity index is 582. The van der Waals surface area contributed by atoms with Crippen molar-refractivity contribution < 1.29 is 14.3 Å². The molecule has 0 heterocycles.